The van der Waals surface area contributed by atoms with Gasteiger partial charge in [0, 0.05) is 25.8 Å². The Morgan fingerprint density at radius 2 is 2.08 bits per heavy atom. The van der Waals surface area contributed by atoms with Crippen molar-refractivity contribution in [1.82, 2.24) is 9.88 Å². The number of hydrogen-bond donors (Lipinski definition) is 1. The smallest absolute Gasteiger partial charge is 0.144 e. The zero-order valence-electron chi connectivity index (χ0n) is 14.2. The van der Waals surface area contributed by atoms with Crippen LogP contribution in [0.3, 0.4) is 0 Å². The molecule has 1 aliphatic heterocycles. The molecule has 0 radical (unpaired) electrons. The van der Waals surface area contributed by atoms with Crippen LogP contribution in [0.1, 0.15) is 36.5 Å². The Labute approximate surface area is 144 Å². The first-order chi connectivity index (χ1) is 11.8. The maximum atomic E-state index is 9.17. The van der Waals surface area contributed by atoms with Gasteiger partial charge >= 0.3 is 0 Å². The van der Waals surface area contributed by atoms with E-state index in [0.29, 0.717) is 17.9 Å². The summed E-state index contributed by atoms with van der Waals surface area (Å²) in [6.07, 6.45) is 4.35. The Morgan fingerprint density at radius 3 is 2.88 bits per heavy atom. The minimum Gasteiger partial charge on any atom is -0.365 e. The van der Waals surface area contributed by atoms with Crippen LogP contribution in [0.2, 0.25) is 0 Å². The zero-order chi connectivity index (χ0) is 16.8. The van der Waals surface area contributed by atoms with E-state index in [4.69, 9.17) is 0 Å². The van der Waals surface area contributed by atoms with Gasteiger partial charge < -0.3 is 5.32 Å². The highest BCUT2D eigenvalue weighted by Gasteiger charge is 2.17. The maximum Gasteiger partial charge on any atom is 0.144 e. The molecule has 0 saturated carbocycles. The third-order valence-corrected chi connectivity index (χ3v) is 4.63. The molecular formula is C20H24N4. The van der Waals surface area contributed by atoms with E-state index >= 15 is 0 Å². The van der Waals surface area contributed by atoms with Crippen LogP contribution < -0.4 is 5.32 Å². The lowest BCUT2D eigenvalue weighted by atomic mass is 9.99. The van der Waals surface area contributed by atoms with Gasteiger partial charge in [0.05, 0.1) is 5.56 Å². The lowest BCUT2D eigenvalue weighted by Gasteiger charge is -2.31. The lowest BCUT2D eigenvalue weighted by molar-refractivity contribution is 0.176. The predicted molar refractivity (Wildman–Crippen MR) is 96.4 cm³/mol. The van der Waals surface area contributed by atoms with E-state index in [1.54, 1.807) is 18.3 Å². The molecule has 0 spiro atoms. The van der Waals surface area contributed by atoms with E-state index < -0.39 is 0 Å². The van der Waals surface area contributed by atoms with E-state index in [-0.39, 0.29) is 0 Å². The summed E-state index contributed by atoms with van der Waals surface area (Å²) >= 11 is 0. The van der Waals surface area contributed by atoms with Crippen LogP contribution >= 0.6 is 0 Å². The average molecular weight is 320 g/mol. The van der Waals surface area contributed by atoms with Gasteiger partial charge in [-0.25, -0.2) is 4.98 Å². The normalized spacial score (nSPS) is 18.1. The molecule has 24 heavy (non-hydrogen) atoms. The van der Waals surface area contributed by atoms with Crippen molar-refractivity contribution in [3.8, 4) is 6.07 Å². The summed E-state index contributed by atoms with van der Waals surface area (Å²) in [5.41, 5.74) is 3.21. The Kier molecular flexibility index (Phi) is 5.45. The second kappa shape index (κ2) is 7.94. The molecule has 1 atom stereocenters. The van der Waals surface area contributed by atoms with E-state index in [0.717, 1.165) is 12.5 Å². The summed E-state index contributed by atoms with van der Waals surface area (Å²) in [6.45, 7) is 6.39. The highest BCUT2D eigenvalue weighted by Crippen LogP contribution is 2.20. The summed E-state index contributed by atoms with van der Waals surface area (Å²) in [5.74, 6) is 1.44. The van der Waals surface area contributed by atoms with Crippen LogP contribution in [0.25, 0.3) is 0 Å². The van der Waals surface area contributed by atoms with Crippen LogP contribution in [0.4, 0.5) is 5.82 Å². The van der Waals surface area contributed by atoms with Crippen molar-refractivity contribution in [1.29, 1.82) is 5.26 Å². The van der Waals surface area contributed by atoms with Crippen LogP contribution in [-0.2, 0) is 13.1 Å². The Morgan fingerprint density at radius 1 is 1.25 bits per heavy atom. The van der Waals surface area contributed by atoms with E-state index in [2.05, 4.69) is 52.5 Å². The van der Waals surface area contributed by atoms with Gasteiger partial charge in [-0.3, -0.25) is 4.90 Å². The highest BCUT2D eigenvalue weighted by molar-refractivity contribution is 5.51. The maximum absolute atomic E-state index is 9.17. The fourth-order valence-corrected chi connectivity index (χ4v) is 3.37. The number of nitrogens with one attached hydrogen (secondary N) is 1. The molecule has 1 aliphatic rings. The van der Waals surface area contributed by atoms with E-state index in [1.165, 1.54) is 37.1 Å². The molecule has 1 saturated heterocycles. The van der Waals surface area contributed by atoms with Gasteiger partial charge in [0.15, 0.2) is 0 Å². The molecule has 4 heteroatoms. The first-order valence-electron chi connectivity index (χ1n) is 8.64. The van der Waals surface area contributed by atoms with Crippen molar-refractivity contribution in [2.45, 2.75) is 32.9 Å². The standard InChI is InChI=1S/C20H24N4/c1-16-6-5-11-24(14-16)15-19-8-3-2-7-18(19)13-23-20-17(12-21)9-4-10-22-20/h2-4,7-10,16H,5-6,11,13-15H2,1H3,(H,22,23). The highest BCUT2D eigenvalue weighted by atomic mass is 15.1. The molecule has 2 aromatic rings. The molecule has 1 N–H and O–H groups in total. The van der Waals surface area contributed by atoms with Gasteiger partial charge in [-0.05, 0) is 48.6 Å². The number of hydrogen-bond acceptors (Lipinski definition) is 4. The number of nitriles is 1. The number of anilines is 1. The third-order valence-electron chi connectivity index (χ3n) is 4.63. The van der Waals surface area contributed by atoms with E-state index in [1.807, 2.05) is 0 Å². The first-order valence-corrected chi connectivity index (χ1v) is 8.64. The van der Waals surface area contributed by atoms with Crippen molar-refractivity contribution in [3.05, 3.63) is 59.3 Å². The SMILES string of the molecule is CC1CCCN(Cc2ccccc2CNc2ncccc2C#N)C1. The van der Waals surface area contributed by atoms with Crippen LogP contribution in [0.15, 0.2) is 42.6 Å². The second-order valence-corrected chi connectivity index (χ2v) is 6.62. The topological polar surface area (TPSA) is 52.0 Å². The van der Waals surface area contributed by atoms with Crippen molar-refractivity contribution in [2.24, 2.45) is 5.92 Å². The molecule has 0 aliphatic carbocycles. The quantitative estimate of drug-likeness (QED) is 0.910. The molecule has 1 aromatic heterocycles. The van der Waals surface area contributed by atoms with Crippen molar-refractivity contribution < 1.29 is 0 Å². The molecule has 3 rings (SSSR count). The molecule has 0 bridgehead atoms. The predicted octanol–water partition coefficient (Wildman–Crippen LogP) is 3.80. The molecule has 0 amide bonds. The molecule has 1 unspecified atom stereocenters. The van der Waals surface area contributed by atoms with Crippen molar-refractivity contribution >= 4 is 5.82 Å². The monoisotopic (exact) mass is 320 g/mol. The number of likely N-dealkylation sites (tertiary alicyclic amines) is 1. The number of pyridine rings is 1. The van der Waals surface area contributed by atoms with Gasteiger partial charge in [-0.2, -0.15) is 5.26 Å². The fraction of sp³-hybridized carbons (Fsp3) is 0.400. The van der Waals surface area contributed by atoms with Gasteiger partial charge in [-0.15, -0.1) is 0 Å². The van der Waals surface area contributed by atoms with Crippen LogP contribution in [0, 0.1) is 17.2 Å². The summed E-state index contributed by atoms with van der Waals surface area (Å²) in [6, 6.07) is 14.3. The zero-order valence-corrected chi connectivity index (χ0v) is 14.2. The summed E-state index contributed by atoms with van der Waals surface area (Å²) < 4.78 is 0. The van der Waals surface area contributed by atoms with Crippen LogP contribution in [-0.4, -0.2) is 23.0 Å². The van der Waals surface area contributed by atoms with E-state index in [9.17, 15) is 5.26 Å². The van der Waals surface area contributed by atoms with Crippen molar-refractivity contribution in [2.75, 3.05) is 18.4 Å². The second-order valence-electron chi connectivity index (χ2n) is 6.62. The fourth-order valence-electron chi connectivity index (χ4n) is 3.37. The first kappa shape index (κ1) is 16.5. The number of rotatable bonds is 5. The summed E-state index contributed by atoms with van der Waals surface area (Å²) in [7, 11) is 0. The molecule has 1 aromatic carbocycles. The Bertz CT molecular complexity index is 720. The van der Waals surface area contributed by atoms with Gasteiger partial charge in [0.2, 0.25) is 0 Å². The molecule has 4 nitrogen and oxygen atoms in total. The van der Waals surface area contributed by atoms with Crippen LogP contribution in [0.5, 0.6) is 0 Å². The summed E-state index contributed by atoms with van der Waals surface area (Å²) in [5, 5.41) is 12.5. The molecular weight excluding hydrogens is 296 g/mol. The Hall–Kier alpha value is -2.38. The minimum absolute atomic E-state index is 0.583. The largest absolute Gasteiger partial charge is 0.365 e. The third kappa shape index (κ3) is 4.12. The van der Waals surface area contributed by atoms with Crippen molar-refractivity contribution in [3.63, 3.8) is 0 Å². The average Bonchev–Trinajstić information content (AvgIpc) is 2.61. The number of benzene rings is 1. The van der Waals surface area contributed by atoms with Gasteiger partial charge in [-0.1, -0.05) is 31.2 Å². The molecule has 2 heterocycles. The number of piperidine rings is 1. The molecule has 124 valence electrons. The molecule has 1 fully saturated rings. The lowest BCUT2D eigenvalue weighted by Crippen LogP contribution is -2.34. The minimum atomic E-state index is 0.583. The number of nitrogens with zero attached hydrogens (tertiary/aromatic N) is 3. The summed E-state index contributed by atoms with van der Waals surface area (Å²) in [4.78, 5) is 6.83. The van der Waals surface area contributed by atoms with Gasteiger partial charge in [0.25, 0.3) is 0 Å². The van der Waals surface area contributed by atoms with Gasteiger partial charge in [0.1, 0.15) is 11.9 Å². The Balaban J connectivity index is 1.69. The number of aromatic nitrogens is 1.